The maximum Gasteiger partial charge on any atom is 0.165 e. The first-order chi connectivity index (χ1) is 5.36. The summed E-state index contributed by atoms with van der Waals surface area (Å²) in [6.07, 6.45) is -0.0224. The second-order valence-corrected chi connectivity index (χ2v) is 2.14. The molecule has 0 aliphatic carbocycles. The first-order valence-electron chi connectivity index (χ1n) is 3.22. The zero-order valence-corrected chi connectivity index (χ0v) is 5.80. The fourth-order valence-corrected chi connectivity index (χ4v) is 0.867. The molecule has 1 fully saturated rings. The average Bonchev–Trinajstić information content (AvgIpc) is 2.48. The van der Waals surface area contributed by atoms with Crippen molar-refractivity contribution in [1.29, 1.82) is 0 Å². The molecule has 1 N–H and O–H groups in total. The molecule has 0 saturated carbocycles. The summed E-state index contributed by atoms with van der Waals surface area (Å²) in [7, 11) is 0. The monoisotopic (exact) mass is 156 g/mol. The quantitative estimate of drug-likeness (QED) is 0.266. The highest BCUT2D eigenvalue weighted by Crippen LogP contribution is 2.02. The van der Waals surface area contributed by atoms with Gasteiger partial charge in [0.25, 0.3) is 0 Å². The number of hydrogen-bond donors (Lipinski definition) is 1. The van der Waals surface area contributed by atoms with Crippen LogP contribution in [0.1, 0.15) is 0 Å². The summed E-state index contributed by atoms with van der Waals surface area (Å²) < 4.78 is 5.07. The first kappa shape index (κ1) is 8.00. The van der Waals surface area contributed by atoms with Crippen molar-refractivity contribution in [2.75, 3.05) is 13.1 Å². The minimum Gasteiger partial charge on any atom is -0.352 e. The summed E-state index contributed by atoms with van der Waals surface area (Å²) in [6.45, 7) is 0.830. The number of rotatable bonds is 3. The van der Waals surface area contributed by atoms with Gasteiger partial charge in [-0.3, -0.25) is 10.1 Å². The van der Waals surface area contributed by atoms with Crippen LogP contribution in [-0.4, -0.2) is 31.7 Å². The zero-order chi connectivity index (χ0) is 8.10. The van der Waals surface area contributed by atoms with Gasteiger partial charge in [-0.05, 0) is 5.53 Å². The van der Waals surface area contributed by atoms with E-state index in [4.69, 9.17) is 10.3 Å². The van der Waals surface area contributed by atoms with E-state index in [0.717, 1.165) is 0 Å². The summed E-state index contributed by atoms with van der Waals surface area (Å²) >= 11 is 0. The Bertz CT molecular complexity index is 189. The molecule has 1 saturated heterocycles. The molecule has 1 rings (SSSR count). The summed E-state index contributed by atoms with van der Waals surface area (Å²) in [5.74, 6) is 0. The minimum atomic E-state index is -0.533. The highest BCUT2D eigenvalue weighted by Gasteiger charge is 2.22. The van der Waals surface area contributed by atoms with Crippen LogP contribution >= 0.6 is 0 Å². The lowest BCUT2D eigenvalue weighted by atomic mass is 10.4. The molecule has 60 valence electrons. The average molecular weight is 156 g/mol. The van der Waals surface area contributed by atoms with Gasteiger partial charge in [0.1, 0.15) is 0 Å². The molecule has 6 heteroatoms. The van der Waals surface area contributed by atoms with Crippen LogP contribution in [0, 0.1) is 0 Å². The van der Waals surface area contributed by atoms with Crippen molar-refractivity contribution >= 4 is 6.29 Å². The van der Waals surface area contributed by atoms with E-state index in [1.165, 1.54) is 0 Å². The van der Waals surface area contributed by atoms with Crippen molar-refractivity contribution in [2.45, 2.75) is 12.3 Å². The van der Waals surface area contributed by atoms with Crippen LogP contribution < -0.4 is 5.32 Å². The molecule has 0 amide bonds. The Morgan fingerprint density at radius 1 is 1.91 bits per heavy atom. The topological polar surface area (TPSA) is 87.1 Å². The number of nitrogens with one attached hydrogen (secondary N) is 1. The molecule has 0 aromatic carbocycles. The van der Waals surface area contributed by atoms with Gasteiger partial charge in [-0.1, -0.05) is 5.11 Å². The third kappa shape index (κ3) is 2.19. The molecule has 0 radical (unpaired) electrons. The standard InChI is InChI=1S/C5H8N4O2/c6-9-8-2-4-1-7-5(3-10)11-4/h3-5,7H,1-2H2/t4-,5?/m1/s1. The van der Waals surface area contributed by atoms with Crippen LogP contribution in [0.2, 0.25) is 0 Å². The Labute approximate surface area is 63.2 Å². The molecule has 1 heterocycles. The van der Waals surface area contributed by atoms with Crippen LogP contribution in [0.4, 0.5) is 0 Å². The van der Waals surface area contributed by atoms with Gasteiger partial charge in [0, 0.05) is 11.5 Å². The van der Waals surface area contributed by atoms with Crippen LogP contribution in [0.25, 0.3) is 10.4 Å². The number of hydrogen-bond acceptors (Lipinski definition) is 4. The van der Waals surface area contributed by atoms with Gasteiger partial charge in [0.2, 0.25) is 0 Å². The van der Waals surface area contributed by atoms with Gasteiger partial charge < -0.3 is 4.74 Å². The highest BCUT2D eigenvalue weighted by atomic mass is 16.5. The summed E-state index contributed by atoms with van der Waals surface area (Å²) in [5.41, 5.74) is 7.96. The predicted molar refractivity (Wildman–Crippen MR) is 36.7 cm³/mol. The molecule has 1 aliphatic heterocycles. The van der Waals surface area contributed by atoms with Crippen molar-refractivity contribution < 1.29 is 9.53 Å². The fourth-order valence-electron chi connectivity index (χ4n) is 0.867. The maximum absolute atomic E-state index is 10.1. The number of azide groups is 1. The minimum absolute atomic E-state index is 0.166. The van der Waals surface area contributed by atoms with Crippen molar-refractivity contribution in [3.63, 3.8) is 0 Å². The third-order valence-electron chi connectivity index (χ3n) is 1.36. The summed E-state index contributed by atoms with van der Waals surface area (Å²) in [5, 5.41) is 6.11. The normalized spacial score (nSPS) is 29.5. The number of ether oxygens (including phenoxy) is 1. The summed E-state index contributed by atoms with van der Waals surface area (Å²) in [4.78, 5) is 12.7. The van der Waals surface area contributed by atoms with Crippen molar-refractivity contribution in [3.05, 3.63) is 10.4 Å². The summed E-state index contributed by atoms with van der Waals surface area (Å²) in [6, 6.07) is 0. The van der Waals surface area contributed by atoms with Gasteiger partial charge in [0.05, 0.1) is 12.6 Å². The van der Waals surface area contributed by atoms with Crippen LogP contribution in [0.3, 0.4) is 0 Å². The van der Waals surface area contributed by atoms with E-state index < -0.39 is 6.23 Å². The molecular weight excluding hydrogens is 148 g/mol. The zero-order valence-electron chi connectivity index (χ0n) is 5.80. The smallest absolute Gasteiger partial charge is 0.165 e. The van der Waals surface area contributed by atoms with E-state index in [1.54, 1.807) is 0 Å². The van der Waals surface area contributed by atoms with E-state index in [0.29, 0.717) is 12.8 Å². The van der Waals surface area contributed by atoms with E-state index in [1.807, 2.05) is 0 Å². The van der Waals surface area contributed by atoms with Gasteiger partial charge in [-0.15, -0.1) is 0 Å². The molecule has 0 bridgehead atoms. The molecule has 6 nitrogen and oxygen atoms in total. The Morgan fingerprint density at radius 2 is 2.73 bits per heavy atom. The number of carbonyl (C=O) groups excluding carboxylic acids is 1. The van der Waals surface area contributed by atoms with Crippen LogP contribution in [0.15, 0.2) is 5.11 Å². The van der Waals surface area contributed by atoms with E-state index in [9.17, 15) is 4.79 Å². The van der Waals surface area contributed by atoms with E-state index in [-0.39, 0.29) is 12.6 Å². The largest absolute Gasteiger partial charge is 0.352 e. The number of nitrogens with zero attached hydrogens (tertiary/aromatic N) is 3. The molecule has 1 unspecified atom stereocenters. The predicted octanol–water partition coefficient (Wildman–Crippen LogP) is -0.190. The number of carbonyl (C=O) groups is 1. The van der Waals surface area contributed by atoms with Crippen molar-refractivity contribution in [2.24, 2.45) is 5.11 Å². The van der Waals surface area contributed by atoms with Crippen molar-refractivity contribution in [1.82, 2.24) is 5.32 Å². The molecule has 2 atom stereocenters. The van der Waals surface area contributed by atoms with Gasteiger partial charge >= 0.3 is 0 Å². The lowest BCUT2D eigenvalue weighted by molar-refractivity contribution is -0.118. The van der Waals surface area contributed by atoms with Crippen molar-refractivity contribution in [3.8, 4) is 0 Å². The van der Waals surface area contributed by atoms with Gasteiger partial charge in [-0.2, -0.15) is 0 Å². The second kappa shape index (κ2) is 3.92. The highest BCUT2D eigenvalue weighted by molar-refractivity contribution is 5.55. The molecular formula is C5H8N4O2. The van der Waals surface area contributed by atoms with Gasteiger partial charge in [0.15, 0.2) is 12.5 Å². The third-order valence-corrected chi connectivity index (χ3v) is 1.36. The van der Waals surface area contributed by atoms with Crippen LogP contribution in [-0.2, 0) is 9.53 Å². The second-order valence-electron chi connectivity index (χ2n) is 2.14. The maximum atomic E-state index is 10.1. The molecule has 11 heavy (non-hydrogen) atoms. The Hall–Kier alpha value is -1.10. The molecule has 1 aliphatic rings. The number of aldehydes is 1. The van der Waals surface area contributed by atoms with Crippen LogP contribution in [0.5, 0.6) is 0 Å². The SMILES string of the molecule is [N-]=[N+]=NC[C@H]1CNC(C=O)O1. The Balaban J connectivity index is 2.29. The molecule has 0 aromatic heterocycles. The Kier molecular flexibility index (Phi) is 2.85. The fraction of sp³-hybridized carbons (Fsp3) is 0.800. The van der Waals surface area contributed by atoms with Gasteiger partial charge in [-0.25, -0.2) is 0 Å². The lowest BCUT2D eigenvalue weighted by Crippen LogP contribution is -2.23. The van der Waals surface area contributed by atoms with E-state index in [2.05, 4.69) is 15.3 Å². The molecule has 0 spiro atoms. The lowest BCUT2D eigenvalue weighted by Gasteiger charge is -2.03. The Morgan fingerprint density at radius 3 is 3.27 bits per heavy atom. The first-order valence-corrected chi connectivity index (χ1v) is 3.22. The molecule has 0 aromatic rings. The van der Waals surface area contributed by atoms with E-state index >= 15 is 0 Å².